The summed E-state index contributed by atoms with van der Waals surface area (Å²) in [7, 11) is 3.28. The molecule has 0 bridgehead atoms. The van der Waals surface area contributed by atoms with Crippen LogP contribution >= 0.6 is 0 Å². The van der Waals surface area contributed by atoms with E-state index in [2.05, 4.69) is 9.97 Å². The summed E-state index contributed by atoms with van der Waals surface area (Å²) in [5.41, 5.74) is 7.75. The van der Waals surface area contributed by atoms with Crippen LogP contribution in [0.15, 0.2) is 36.9 Å². The summed E-state index contributed by atoms with van der Waals surface area (Å²) in [5, 5.41) is 0.854. The van der Waals surface area contributed by atoms with Crippen molar-refractivity contribution >= 4 is 16.7 Å². The van der Waals surface area contributed by atoms with Gasteiger partial charge in [-0.25, -0.2) is 9.97 Å². The number of anilines is 1. The first-order valence-electron chi connectivity index (χ1n) is 6.47. The minimum atomic E-state index is 0.488. The molecule has 1 aromatic carbocycles. The van der Waals surface area contributed by atoms with Gasteiger partial charge >= 0.3 is 0 Å². The fraction of sp³-hybridized carbons (Fsp3) is 0.200. The number of benzene rings is 1. The lowest BCUT2D eigenvalue weighted by Crippen LogP contribution is -1.98. The van der Waals surface area contributed by atoms with Crippen LogP contribution in [-0.2, 0) is 6.54 Å². The molecular weight excluding hydrogens is 268 g/mol. The maximum atomic E-state index is 5.85. The molecule has 0 aliphatic heterocycles. The van der Waals surface area contributed by atoms with Crippen molar-refractivity contribution in [1.29, 1.82) is 0 Å². The highest BCUT2D eigenvalue weighted by Crippen LogP contribution is 2.24. The largest absolute Gasteiger partial charge is 0.497 e. The Morgan fingerprint density at radius 2 is 1.76 bits per heavy atom. The van der Waals surface area contributed by atoms with Crippen molar-refractivity contribution in [3.8, 4) is 11.5 Å². The van der Waals surface area contributed by atoms with E-state index in [0.717, 1.165) is 28.0 Å². The Morgan fingerprint density at radius 1 is 1.05 bits per heavy atom. The first-order valence-corrected chi connectivity index (χ1v) is 6.47. The topological polar surface area (TPSA) is 75.2 Å². The van der Waals surface area contributed by atoms with Crippen LogP contribution in [-0.4, -0.2) is 28.8 Å². The van der Waals surface area contributed by atoms with Crippen LogP contribution in [0.5, 0.6) is 11.5 Å². The molecule has 0 radical (unpaired) electrons. The highest BCUT2D eigenvalue weighted by atomic mass is 16.5. The number of aromatic nitrogens is 3. The van der Waals surface area contributed by atoms with E-state index in [0.29, 0.717) is 12.4 Å². The number of methoxy groups -OCH3 is 2. The van der Waals surface area contributed by atoms with Crippen LogP contribution in [0, 0.1) is 0 Å². The molecular formula is C15H16N4O2. The number of ether oxygens (including phenoxy) is 2. The molecule has 6 heteroatoms. The average molecular weight is 284 g/mol. The van der Waals surface area contributed by atoms with E-state index < -0.39 is 0 Å². The lowest BCUT2D eigenvalue weighted by Gasteiger charge is -2.09. The minimum Gasteiger partial charge on any atom is -0.497 e. The molecule has 2 N–H and O–H groups in total. The Kier molecular flexibility index (Phi) is 3.35. The molecule has 2 heterocycles. The number of hydrogen-bond donors (Lipinski definition) is 1. The van der Waals surface area contributed by atoms with E-state index >= 15 is 0 Å². The SMILES string of the molecule is COc1cc(Cn2cc3ncnc(N)c3c2)cc(OC)c1. The highest BCUT2D eigenvalue weighted by Gasteiger charge is 2.06. The van der Waals surface area contributed by atoms with E-state index in [1.807, 2.05) is 35.2 Å². The molecule has 6 nitrogen and oxygen atoms in total. The summed E-state index contributed by atoms with van der Waals surface area (Å²) in [5.74, 6) is 2.02. The summed E-state index contributed by atoms with van der Waals surface area (Å²) in [4.78, 5) is 8.21. The number of hydrogen-bond acceptors (Lipinski definition) is 5. The summed E-state index contributed by atoms with van der Waals surface area (Å²) in [6.07, 6.45) is 5.35. The summed E-state index contributed by atoms with van der Waals surface area (Å²) in [6.45, 7) is 0.670. The molecule has 0 aliphatic rings. The summed E-state index contributed by atoms with van der Waals surface area (Å²) in [6, 6.07) is 5.80. The van der Waals surface area contributed by atoms with Gasteiger partial charge in [0.2, 0.25) is 0 Å². The van der Waals surface area contributed by atoms with E-state index in [9.17, 15) is 0 Å². The van der Waals surface area contributed by atoms with E-state index in [4.69, 9.17) is 15.2 Å². The lowest BCUT2D eigenvalue weighted by atomic mass is 10.2. The van der Waals surface area contributed by atoms with Gasteiger partial charge in [0.05, 0.1) is 25.1 Å². The first-order chi connectivity index (χ1) is 10.2. The fourth-order valence-electron chi connectivity index (χ4n) is 2.28. The van der Waals surface area contributed by atoms with Crippen molar-refractivity contribution in [3.05, 3.63) is 42.5 Å². The van der Waals surface area contributed by atoms with Crippen LogP contribution in [0.3, 0.4) is 0 Å². The molecule has 3 aromatic rings. The van der Waals surface area contributed by atoms with Gasteiger partial charge in [-0.15, -0.1) is 0 Å². The van der Waals surface area contributed by atoms with Gasteiger partial charge in [0, 0.05) is 25.0 Å². The van der Waals surface area contributed by atoms with Crippen molar-refractivity contribution in [2.75, 3.05) is 20.0 Å². The molecule has 21 heavy (non-hydrogen) atoms. The van der Waals surface area contributed by atoms with Gasteiger partial charge in [-0.3, -0.25) is 0 Å². The number of rotatable bonds is 4. The van der Waals surface area contributed by atoms with Gasteiger partial charge < -0.3 is 19.8 Å². The molecule has 0 fully saturated rings. The Bertz CT molecular complexity index is 760. The molecule has 0 spiro atoms. The Labute approximate surface area is 122 Å². The zero-order valence-electron chi connectivity index (χ0n) is 11.9. The van der Waals surface area contributed by atoms with Gasteiger partial charge in [-0.1, -0.05) is 0 Å². The lowest BCUT2D eigenvalue weighted by molar-refractivity contribution is 0.393. The summed E-state index contributed by atoms with van der Waals surface area (Å²) < 4.78 is 12.6. The van der Waals surface area contributed by atoms with Crippen molar-refractivity contribution in [2.24, 2.45) is 0 Å². The third kappa shape index (κ3) is 2.60. The fourth-order valence-corrected chi connectivity index (χ4v) is 2.28. The predicted octanol–water partition coefficient (Wildman–Crippen LogP) is 2.08. The zero-order chi connectivity index (χ0) is 14.8. The predicted molar refractivity (Wildman–Crippen MR) is 80.6 cm³/mol. The molecule has 0 saturated heterocycles. The second-order valence-corrected chi connectivity index (χ2v) is 4.71. The number of nitrogens with two attached hydrogens (primary N) is 1. The van der Waals surface area contributed by atoms with Crippen LogP contribution in [0.2, 0.25) is 0 Å². The second-order valence-electron chi connectivity index (χ2n) is 4.71. The highest BCUT2D eigenvalue weighted by molar-refractivity contribution is 5.87. The quantitative estimate of drug-likeness (QED) is 0.794. The molecule has 108 valence electrons. The van der Waals surface area contributed by atoms with Gasteiger partial charge in [0.15, 0.2) is 0 Å². The Balaban J connectivity index is 1.96. The van der Waals surface area contributed by atoms with Crippen LogP contribution < -0.4 is 15.2 Å². The molecule has 0 aliphatic carbocycles. The molecule has 0 atom stereocenters. The van der Waals surface area contributed by atoms with Crippen molar-refractivity contribution < 1.29 is 9.47 Å². The molecule has 2 aromatic heterocycles. The zero-order valence-corrected chi connectivity index (χ0v) is 11.9. The normalized spacial score (nSPS) is 10.8. The van der Waals surface area contributed by atoms with Gasteiger partial charge in [-0.2, -0.15) is 0 Å². The Morgan fingerprint density at radius 3 is 2.38 bits per heavy atom. The average Bonchev–Trinajstić information content (AvgIpc) is 2.90. The standard InChI is InChI=1S/C15H16N4O2/c1-20-11-3-10(4-12(5-11)21-2)6-19-7-13-14(8-19)17-9-18-15(13)16/h3-5,7-9H,6H2,1-2H3,(H2,16,17,18). The van der Waals surface area contributed by atoms with Crippen molar-refractivity contribution in [2.45, 2.75) is 6.54 Å². The van der Waals surface area contributed by atoms with Crippen LogP contribution in [0.25, 0.3) is 10.9 Å². The van der Waals surface area contributed by atoms with Crippen molar-refractivity contribution in [3.63, 3.8) is 0 Å². The van der Waals surface area contributed by atoms with Crippen LogP contribution in [0.1, 0.15) is 5.56 Å². The van der Waals surface area contributed by atoms with Gasteiger partial charge in [-0.05, 0) is 17.7 Å². The first kappa shape index (κ1) is 13.2. The van der Waals surface area contributed by atoms with E-state index in [-0.39, 0.29) is 0 Å². The van der Waals surface area contributed by atoms with Crippen LogP contribution in [0.4, 0.5) is 5.82 Å². The number of nitrogen functional groups attached to an aromatic ring is 1. The molecule has 0 saturated carbocycles. The second kappa shape index (κ2) is 5.32. The Hall–Kier alpha value is -2.76. The smallest absolute Gasteiger partial charge is 0.136 e. The third-order valence-electron chi connectivity index (χ3n) is 3.30. The minimum absolute atomic E-state index is 0.488. The molecule has 0 unspecified atom stereocenters. The number of fused-ring (bicyclic) bond motifs is 1. The molecule has 3 rings (SSSR count). The maximum absolute atomic E-state index is 5.85. The summed E-state index contributed by atoms with van der Waals surface area (Å²) >= 11 is 0. The van der Waals surface area contributed by atoms with E-state index in [1.165, 1.54) is 6.33 Å². The molecule has 0 amide bonds. The van der Waals surface area contributed by atoms with E-state index in [1.54, 1.807) is 14.2 Å². The monoisotopic (exact) mass is 284 g/mol. The van der Waals surface area contributed by atoms with Crippen molar-refractivity contribution in [1.82, 2.24) is 14.5 Å². The van der Waals surface area contributed by atoms with Gasteiger partial charge in [0.1, 0.15) is 23.6 Å². The maximum Gasteiger partial charge on any atom is 0.136 e. The van der Waals surface area contributed by atoms with Gasteiger partial charge in [0.25, 0.3) is 0 Å². The third-order valence-corrected chi connectivity index (χ3v) is 3.30. The number of nitrogens with zero attached hydrogens (tertiary/aromatic N) is 3.